The molecule has 0 spiro atoms. The fourth-order valence-electron chi connectivity index (χ4n) is 3.89. The van der Waals surface area contributed by atoms with Crippen molar-refractivity contribution in [2.75, 3.05) is 31.1 Å². The summed E-state index contributed by atoms with van der Waals surface area (Å²) in [4.78, 5) is 22.1. The Kier molecular flexibility index (Phi) is 6.88. The predicted molar refractivity (Wildman–Crippen MR) is 140 cm³/mol. The Hall–Kier alpha value is -3.22. The Balaban J connectivity index is 1.15. The monoisotopic (exact) mass is 489 g/mol. The van der Waals surface area contributed by atoms with E-state index in [4.69, 9.17) is 16.3 Å². The first-order valence-electron chi connectivity index (χ1n) is 11.2. The van der Waals surface area contributed by atoms with Crippen LogP contribution in [0.2, 0.25) is 5.02 Å². The fourth-order valence-corrected chi connectivity index (χ4v) is 4.98. The average molecular weight is 490 g/mol. The van der Waals surface area contributed by atoms with Gasteiger partial charge < -0.3 is 14.5 Å². The molecule has 34 heavy (non-hydrogen) atoms. The van der Waals surface area contributed by atoms with Gasteiger partial charge in [0.1, 0.15) is 12.4 Å². The van der Waals surface area contributed by atoms with Gasteiger partial charge in [-0.25, -0.2) is 0 Å². The van der Waals surface area contributed by atoms with E-state index in [9.17, 15) is 4.79 Å². The highest BCUT2D eigenvalue weighted by Crippen LogP contribution is 2.31. The van der Waals surface area contributed by atoms with Gasteiger partial charge in [-0.05, 0) is 65.4 Å². The number of hydrogen-bond donors (Lipinski definition) is 0. The van der Waals surface area contributed by atoms with E-state index in [1.54, 1.807) is 0 Å². The summed E-state index contributed by atoms with van der Waals surface area (Å²) in [5.41, 5.74) is 3.23. The van der Waals surface area contributed by atoms with E-state index >= 15 is 0 Å². The number of hydrogen-bond acceptors (Lipinski definition) is 5. The van der Waals surface area contributed by atoms with Crippen LogP contribution in [0, 0.1) is 0 Å². The number of halogens is 1. The molecule has 2 aliphatic heterocycles. The van der Waals surface area contributed by atoms with Gasteiger partial charge in [0.25, 0.3) is 5.91 Å². The third kappa shape index (κ3) is 5.46. The molecule has 3 aromatic rings. The Morgan fingerprint density at radius 2 is 1.56 bits per heavy atom. The summed E-state index contributed by atoms with van der Waals surface area (Å²) in [6.07, 6.45) is 1.90. The standard InChI is InChI=1S/C27H24ClN3O2S/c28-22-10-6-21(7-11-22)19-33-24-12-8-20(9-13-24)18-25-26(32)29-27(34-25)31-16-14-30(15-17-31)23-4-2-1-3-5-23/h1-13,18H,14-17,19H2/b25-18-. The molecule has 1 amide bonds. The maximum absolute atomic E-state index is 12.5. The molecule has 5 nitrogen and oxygen atoms in total. The van der Waals surface area contributed by atoms with Crippen LogP contribution < -0.4 is 9.64 Å². The maximum atomic E-state index is 12.5. The van der Waals surface area contributed by atoms with Gasteiger partial charge in [0, 0.05) is 36.9 Å². The van der Waals surface area contributed by atoms with E-state index < -0.39 is 0 Å². The molecule has 172 valence electrons. The molecule has 1 saturated heterocycles. The Bertz CT molecular complexity index is 1200. The van der Waals surface area contributed by atoms with Crippen molar-refractivity contribution in [1.29, 1.82) is 0 Å². The lowest BCUT2D eigenvalue weighted by molar-refractivity contribution is -0.113. The van der Waals surface area contributed by atoms with Crippen LogP contribution >= 0.6 is 23.4 Å². The van der Waals surface area contributed by atoms with Gasteiger partial charge in [-0.3, -0.25) is 4.79 Å². The number of amides is 1. The van der Waals surface area contributed by atoms with E-state index in [1.165, 1.54) is 17.4 Å². The number of aliphatic imine (C=N–C) groups is 1. The second kappa shape index (κ2) is 10.4. The van der Waals surface area contributed by atoms with Gasteiger partial charge in [-0.1, -0.05) is 54.1 Å². The molecule has 7 heteroatoms. The Morgan fingerprint density at radius 1 is 0.882 bits per heavy atom. The number of piperazine rings is 1. The first-order chi connectivity index (χ1) is 16.6. The average Bonchev–Trinajstić information content (AvgIpc) is 3.25. The van der Waals surface area contributed by atoms with Gasteiger partial charge in [-0.2, -0.15) is 4.99 Å². The third-order valence-electron chi connectivity index (χ3n) is 5.78. The van der Waals surface area contributed by atoms with Crippen molar-refractivity contribution in [2.24, 2.45) is 4.99 Å². The van der Waals surface area contributed by atoms with Crippen molar-refractivity contribution in [3.63, 3.8) is 0 Å². The molecular formula is C27H24ClN3O2S. The molecule has 0 bridgehead atoms. The fraction of sp³-hybridized carbons (Fsp3) is 0.185. The SMILES string of the molecule is O=C1N=C(N2CCN(c3ccccc3)CC2)S/C1=C\c1ccc(OCc2ccc(Cl)cc2)cc1. The van der Waals surface area contributed by atoms with Crippen LogP contribution in [-0.2, 0) is 11.4 Å². The van der Waals surface area contributed by atoms with Crippen LogP contribution in [0.25, 0.3) is 6.08 Å². The van der Waals surface area contributed by atoms with Crippen LogP contribution in [0.3, 0.4) is 0 Å². The first kappa shape index (κ1) is 22.6. The van der Waals surface area contributed by atoms with E-state index in [1.807, 2.05) is 60.7 Å². The lowest BCUT2D eigenvalue weighted by Gasteiger charge is -2.36. The number of anilines is 1. The van der Waals surface area contributed by atoms with E-state index in [0.717, 1.165) is 48.2 Å². The number of rotatable bonds is 5. The van der Waals surface area contributed by atoms with Crippen molar-refractivity contribution in [3.8, 4) is 5.75 Å². The molecule has 0 atom stereocenters. The number of carbonyl (C=O) groups is 1. The first-order valence-corrected chi connectivity index (χ1v) is 12.4. The molecule has 2 heterocycles. The molecule has 0 aliphatic carbocycles. The van der Waals surface area contributed by atoms with Crippen LogP contribution in [0.15, 0.2) is 88.8 Å². The summed E-state index contributed by atoms with van der Waals surface area (Å²) in [5, 5.41) is 1.51. The van der Waals surface area contributed by atoms with Crippen LogP contribution in [0.5, 0.6) is 5.75 Å². The summed E-state index contributed by atoms with van der Waals surface area (Å²) in [7, 11) is 0. The van der Waals surface area contributed by atoms with Crippen molar-refractivity contribution in [1.82, 2.24) is 4.90 Å². The van der Waals surface area contributed by atoms with Crippen molar-refractivity contribution in [2.45, 2.75) is 6.61 Å². The second-order valence-electron chi connectivity index (χ2n) is 8.10. The van der Waals surface area contributed by atoms with Crippen molar-refractivity contribution < 1.29 is 9.53 Å². The minimum Gasteiger partial charge on any atom is -0.489 e. The number of para-hydroxylation sites is 1. The Morgan fingerprint density at radius 3 is 2.26 bits per heavy atom. The van der Waals surface area contributed by atoms with Gasteiger partial charge in [0.05, 0.1) is 4.91 Å². The summed E-state index contributed by atoms with van der Waals surface area (Å²) < 4.78 is 5.85. The summed E-state index contributed by atoms with van der Waals surface area (Å²) in [5.74, 6) is 0.601. The molecular weight excluding hydrogens is 466 g/mol. The zero-order valence-corrected chi connectivity index (χ0v) is 20.1. The molecule has 2 aliphatic rings. The zero-order valence-electron chi connectivity index (χ0n) is 18.6. The van der Waals surface area contributed by atoms with Crippen molar-refractivity contribution >= 4 is 46.2 Å². The highest BCUT2D eigenvalue weighted by atomic mass is 35.5. The molecule has 0 N–H and O–H groups in total. The third-order valence-corrected chi connectivity index (χ3v) is 7.07. The van der Waals surface area contributed by atoms with E-state index in [-0.39, 0.29) is 5.91 Å². The number of amidine groups is 1. The zero-order chi connectivity index (χ0) is 23.3. The summed E-state index contributed by atoms with van der Waals surface area (Å²) in [6, 6.07) is 25.8. The van der Waals surface area contributed by atoms with Crippen molar-refractivity contribution in [3.05, 3.63) is 99.9 Å². The largest absolute Gasteiger partial charge is 0.489 e. The van der Waals surface area contributed by atoms with Gasteiger partial charge in [-0.15, -0.1) is 0 Å². The van der Waals surface area contributed by atoms with Gasteiger partial charge in [0.15, 0.2) is 5.17 Å². The quantitative estimate of drug-likeness (QED) is 0.429. The normalized spacial score (nSPS) is 17.3. The number of carbonyl (C=O) groups excluding carboxylic acids is 1. The van der Waals surface area contributed by atoms with E-state index in [2.05, 4.69) is 39.1 Å². The Labute approximate surface area is 208 Å². The molecule has 0 aromatic heterocycles. The number of nitrogens with zero attached hydrogens (tertiary/aromatic N) is 3. The number of thioether (sulfide) groups is 1. The molecule has 5 rings (SSSR count). The molecule has 0 radical (unpaired) electrons. The maximum Gasteiger partial charge on any atom is 0.286 e. The molecule has 0 unspecified atom stereocenters. The molecule has 1 fully saturated rings. The van der Waals surface area contributed by atoms with Crippen LogP contribution in [0.1, 0.15) is 11.1 Å². The minimum absolute atomic E-state index is 0.173. The van der Waals surface area contributed by atoms with Gasteiger partial charge >= 0.3 is 0 Å². The predicted octanol–water partition coefficient (Wildman–Crippen LogP) is 5.71. The summed E-state index contributed by atoms with van der Waals surface area (Å²) >= 11 is 7.38. The second-order valence-corrected chi connectivity index (χ2v) is 9.55. The van der Waals surface area contributed by atoms with Crippen LogP contribution in [-0.4, -0.2) is 42.2 Å². The molecule has 0 saturated carbocycles. The van der Waals surface area contributed by atoms with Gasteiger partial charge in [0.2, 0.25) is 0 Å². The number of ether oxygens (including phenoxy) is 1. The highest BCUT2D eigenvalue weighted by molar-refractivity contribution is 8.18. The van der Waals surface area contributed by atoms with E-state index in [0.29, 0.717) is 16.5 Å². The lowest BCUT2D eigenvalue weighted by Crippen LogP contribution is -2.47. The highest BCUT2D eigenvalue weighted by Gasteiger charge is 2.28. The number of benzene rings is 3. The summed E-state index contributed by atoms with van der Waals surface area (Å²) in [6.45, 7) is 3.99. The smallest absolute Gasteiger partial charge is 0.286 e. The lowest BCUT2D eigenvalue weighted by atomic mass is 10.2. The molecule has 3 aromatic carbocycles. The topological polar surface area (TPSA) is 45.1 Å². The van der Waals surface area contributed by atoms with Crippen LogP contribution in [0.4, 0.5) is 5.69 Å². The minimum atomic E-state index is -0.173.